The standard InChI is InChI=1S/C21H26N2O2/c1-15-10-16(2)12-18(11-15)21(23-8-3-6-22-7-9-23)17-4-5-19-20(13-17)25-14-24-19/h4-5,10-13,21-22H,3,6-9,14H2,1-2H3. The van der Waals surface area contributed by atoms with Crippen LogP contribution in [0.25, 0.3) is 0 Å². The molecule has 4 heteroatoms. The van der Waals surface area contributed by atoms with Gasteiger partial charge in [0, 0.05) is 19.6 Å². The van der Waals surface area contributed by atoms with E-state index in [-0.39, 0.29) is 6.04 Å². The minimum atomic E-state index is 0.244. The Labute approximate surface area is 149 Å². The molecule has 0 aromatic heterocycles. The van der Waals surface area contributed by atoms with Crippen molar-refractivity contribution in [3.63, 3.8) is 0 Å². The summed E-state index contributed by atoms with van der Waals surface area (Å²) < 4.78 is 11.1. The molecule has 0 aliphatic carbocycles. The highest BCUT2D eigenvalue weighted by atomic mass is 16.7. The Hall–Kier alpha value is -2.04. The van der Waals surface area contributed by atoms with Gasteiger partial charge in [0.05, 0.1) is 6.04 Å². The van der Waals surface area contributed by atoms with Crippen LogP contribution in [0.1, 0.15) is 34.7 Å². The van der Waals surface area contributed by atoms with Gasteiger partial charge in [0.2, 0.25) is 6.79 Å². The Morgan fingerprint density at radius 3 is 2.52 bits per heavy atom. The van der Waals surface area contributed by atoms with E-state index < -0.39 is 0 Å². The maximum Gasteiger partial charge on any atom is 0.231 e. The summed E-state index contributed by atoms with van der Waals surface area (Å²) >= 11 is 0. The summed E-state index contributed by atoms with van der Waals surface area (Å²) in [6.45, 7) is 8.95. The van der Waals surface area contributed by atoms with Crippen LogP contribution in [0, 0.1) is 13.8 Å². The highest BCUT2D eigenvalue weighted by molar-refractivity contribution is 5.47. The van der Waals surface area contributed by atoms with Gasteiger partial charge in [-0.25, -0.2) is 0 Å². The van der Waals surface area contributed by atoms with Gasteiger partial charge in [-0.1, -0.05) is 35.4 Å². The molecule has 0 saturated carbocycles. The second kappa shape index (κ2) is 7.06. The molecule has 2 aromatic carbocycles. The number of ether oxygens (including phenoxy) is 2. The molecule has 1 atom stereocenters. The van der Waals surface area contributed by atoms with Gasteiger partial charge < -0.3 is 14.8 Å². The lowest BCUT2D eigenvalue weighted by molar-refractivity contribution is 0.173. The fraction of sp³-hybridized carbons (Fsp3) is 0.429. The van der Waals surface area contributed by atoms with Crippen molar-refractivity contribution in [1.82, 2.24) is 10.2 Å². The lowest BCUT2D eigenvalue weighted by Crippen LogP contribution is -2.33. The van der Waals surface area contributed by atoms with Crippen LogP contribution in [0.2, 0.25) is 0 Å². The van der Waals surface area contributed by atoms with E-state index in [9.17, 15) is 0 Å². The SMILES string of the molecule is Cc1cc(C)cc(C(c2ccc3c(c2)OCO3)N2CCCNCC2)c1. The molecular weight excluding hydrogens is 312 g/mol. The van der Waals surface area contributed by atoms with Gasteiger partial charge >= 0.3 is 0 Å². The smallest absolute Gasteiger partial charge is 0.231 e. The van der Waals surface area contributed by atoms with Crippen LogP contribution in [0.3, 0.4) is 0 Å². The lowest BCUT2D eigenvalue weighted by atomic mass is 9.93. The summed E-state index contributed by atoms with van der Waals surface area (Å²) in [7, 11) is 0. The minimum Gasteiger partial charge on any atom is -0.454 e. The average molecular weight is 338 g/mol. The summed E-state index contributed by atoms with van der Waals surface area (Å²) in [6, 6.07) is 13.5. The molecule has 2 aliphatic rings. The molecule has 1 fully saturated rings. The maximum absolute atomic E-state index is 5.63. The number of nitrogens with one attached hydrogen (secondary N) is 1. The molecule has 0 bridgehead atoms. The number of benzene rings is 2. The molecule has 2 aromatic rings. The Kier molecular flexibility index (Phi) is 4.64. The normalized spacial score (nSPS) is 18.8. The number of nitrogens with zero attached hydrogens (tertiary/aromatic N) is 1. The van der Waals surface area contributed by atoms with E-state index in [1.807, 2.05) is 6.07 Å². The minimum absolute atomic E-state index is 0.244. The highest BCUT2D eigenvalue weighted by Gasteiger charge is 2.25. The van der Waals surface area contributed by atoms with Crippen LogP contribution < -0.4 is 14.8 Å². The van der Waals surface area contributed by atoms with Crippen molar-refractivity contribution >= 4 is 0 Å². The molecule has 2 heterocycles. The van der Waals surface area contributed by atoms with Crippen molar-refractivity contribution < 1.29 is 9.47 Å². The first-order valence-electron chi connectivity index (χ1n) is 9.13. The summed E-state index contributed by atoms with van der Waals surface area (Å²) in [4.78, 5) is 2.59. The van der Waals surface area contributed by atoms with Gasteiger partial charge in [-0.15, -0.1) is 0 Å². The highest BCUT2D eigenvalue weighted by Crippen LogP contribution is 2.38. The zero-order valence-electron chi connectivity index (χ0n) is 15.0. The fourth-order valence-electron chi connectivity index (χ4n) is 3.99. The number of fused-ring (bicyclic) bond motifs is 1. The van der Waals surface area contributed by atoms with Crippen LogP contribution in [0.15, 0.2) is 36.4 Å². The number of rotatable bonds is 3. The molecule has 4 rings (SSSR count). The molecule has 4 nitrogen and oxygen atoms in total. The predicted molar refractivity (Wildman–Crippen MR) is 99.4 cm³/mol. The summed E-state index contributed by atoms with van der Waals surface area (Å²) in [5.41, 5.74) is 5.26. The van der Waals surface area contributed by atoms with Gasteiger partial charge in [0.1, 0.15) is 0 Å². The van der Waals surface area contributed by atoms with Crippen LogP contribution in [-0.4, -0.2) is 37.9 Å². The predicted octanol–water partition coefficient (Wildman–Crippen LogP) is 3.42. The molecular formula is C21H26N2O2. The summed E-state index contributed by atoms with van der Waals surface area (Å²) in [5, 5.41) is 3.51. The molecule has 25 heavy (non-hydrogen) atoms. The molecule has 1 N–H and O–H groups in total. The van der Waals surface area contributed by atoms with E-state index in [4.69, 9.17) is 9.47 Å². The van der Waals surface area contributed by atoms with Crippen molar-refractivity contribution in [2.75, 3.05) is 33.0 Å². The van der Waals surface area contributed by atoms with E-state index in [0.717, 1.165) is 37.7 Å². The third-order valence-corrected chi connectivity index (χ3v) is 5.01. The zero-order chi connectivity index (χ0) is 17.2. The summed E-state index contributed by atoms with van der Waals surface area (Å²) in [6.07, 6.45) is 1.17. The zero-order valence-corrected chi connectivity index (χ0v) is 15.0. The van der Waals surface area contributed by atoms with Crippen molar-refractivity contribution in [3.8, 4) is 11.5 Å². The van der Waals surface area contributed by atoms with Crippen molar-refractivity contribution in [2.24, 2.45) is 0 Å². The van der Waals surface area contributed by atoms with Crippen molar-refractivity contribution in [2.45, 2.75) is 26.3 Å². The van der Waals surface area contributed by atoms with E-state index in [2.05, 4.69) is 54.4 Å². The third kappa shape index (κ3) is 3.51. The number of hydrogen-bond acceptors (Lipinski definition) is 4. The molecule has 0 radical (unpaired) electrons. The Bertz CT molecular complexity index is 731. The third-order valence-electron chi connectivity index (χ3n) is 5.01. The number of hydrogen-bond donors (Lipinski definition) is 1. The Morgan fingerprint density at radius 2 is 1.68 bits per heavy atom. The first-order valence-corrected chi connectivity index (χ1v) is 9.13. The van der Waals surface area contributed by atoms with Gasteiger partial charge in [0.25, 0.3) is 0 Å². The molecule has 1 saturated heterocycles. The van der Waals surface area contributed by atoms with Gasteiger partial charge in [0.15, 0.2) is 11.5 Å². The molecule has 132 valence electrons. The topological polar surface area (TPSA) is 33.7 Å². The monoisotopic (exact) mass is 338 g/mol. The molecule has 0 amide bonds. The van der Waals surface area contributed by atoms with Crippen LogP contribution in [-0.2, 0) is 0 Å². The lowest BCUT2D eigenvalue weighted by Gasteiger charge is -2.32. The van der Waals surface area contributed by atoms with Gasteiger partial charge in [-0.2, -0.15) is 0 Å². The van der Waals surface area contributed by atoms with E-state index in [1.54, 1.807) is 0 Å². The fourth-order valence-corrected chi connectivity index (χ4v) is 3.99. The van der Waals surface area contributed by atoms with E-state index in [0.29, 0.717) is 6.79 Å². The van der Waals surface area contributed by atoms with Gasteiger partial charge in [-0.3, -0.25) is 4.90 Å². The molecule has 0 spiro atoms. The second-order valence-electron chi connectivity index (χ2n) is 7.08. The first-order chi connectivity index (χ1) is 12.2. The molecule has 2 aliphatic heterocycles. The average Bonchev–Trinajstić information content (AvgIpc) is 2.89. The van der Waals surface area contributed by atoms with Gasteiger partial charge in [-0.05, 0) is 50.1 Å². The Balaban J connectivity index is 1.77. The maximum atomic E-state index is 5.63. The van der Waals surface area contributed by atoms with E-state index >= 15 is 0 Å². The largest absolute Gasteiger partial charge is 0.454 e. The molecule has 1 unspecified atom stereocenters. The first kappa shape index (κ1) is 16.4. The van der Waals surface area contributed by atoms with E-state index in [1.165, 1.54) is 28.7 Å². The number of aryl methyl sites for hydroxylation is 2. The van der Waals surface area contributed by atoms with Crippen molar-refractivity contribution in [1.29, 1.82) is 0 Å². The van der Waals surface area contributed by atoms with Crippen LogP contribution in [0.5, 0.6) is 11.5 Å². The Morgan fingerprint density at radius 1 is 0.880 bits per heavy atom. The quantitative estimate of drug-likeness (QED) is 0.930. The van der Waals surface area contributed by atoms with Crippen LogP contribution in [0.4, 0.5) is 0 Å². The summed E-state index contributed by atoms with van der Waals surface area (Å²) in [5.74, 6) is 1.71. The van der Waals surface area contributed by atoms with Crippen LogP contribution >= 0.6 is 0 Å². The second-order valence-corrected chi connectivity index (χ2v) is 7.08. The van der Waals surface area contributed by atoms with Crippen molar-refractivity contribution in [3.05, 3.63) is 58.7 Å².